The van der Waals surface area contributed by atoms with Gasteiger partial charge in [-0.2, -0.15) is 0 Å². The van der Waals surface area contributed by atoms with Crippen molar-refractivity contribution < 1.29 is 14.6 Å². The van der Waals surface area contributed by atoms with Gasteiger partial charge in [-0.1, -0.05) is 24.3 Å². The largest absolute Gasteiger partial charge is 0.508 e. The van der Waals surface area contributed by atoms with E-state index in [0.29, 0.717) is 11.7 Å². The maximum absolute atomic E-state index is 9.85. The third-order valence-corrected chi connectivity index (χ3v) is 9.22. The molecule has 2 fully saturated rings. The molecule has 2 N–H and O–H groups in total. The lowest BCUT2D eigenvalue weighted by Crippen LogP contribution is -2.32. The lowest BCUT2D eigenvalue weighted by molar-refractivity contribution is 0.194. The van der Waals surface area contributed by atoms with Crippen molar-refractivity contribution in [2.24, 2.45) is 0 Å². The first kappa shape index (κ1) is 26.1. The SMILES string of the molecule is COc1ccc([C@@H]2CCc3cc(O)ccc3C2)c(NCCCc2ccc(OCCN3C4CCC3CC4)cc2)c1. The van der Waals surface area contributed by atoms with Crippen molar-refractivity contribution in [2.45, 2.75) is 75.8 Å². The summed E-state index contributed by atoms with van der Waals surface area (Å²) in [7, 11) is 1.73. The van der Waals surface area contributed by atoms with Gasteiger partial charge in [0, 0.05) is 36.9 Å². The summed E-state index contributed by atoms with van der Waals surface area (Å²) in [5.41, 5.74) is 6.51. The summed E-state index contributed by atoms with van der Waals surface area (Å²) in [5, 5.41) is 13.6. The van der Waals surface area contributed by atoms with Gasteiger partial charge in [0.2, 0.25) is 0 Å². The highest BCUT2D eigenvalue weighted by molar-refractivity contribution is 5.57. The molecule has 2 heterocycles. The zero-order valence-corrected chi connectivity index (χ0v) is 23.2. The van der Waals surface area contributed by atoms with Crippen LogP contribution in [0.1, 0.15) is 66.7 Å². The molecule has 3 aromatic carbocycles. The van der Waals surface area contributed by atoms with E-state index in [1.807, 2.05) is 12.1 Å². The number of nitrogens with zero attached hydrogens (tertiary/aromatic N) is 1. The summed E-state index contributed by atoms with van der Waals surface area (Å²) in [5.74, 6) is 2.69. The third-order valence-electron chi connectivity index (χ3n) is 9.22. The molecule has 2 aliphatic heterocycles. The van der Waals surface area contributed by atoms with Gasteiger partial charge in [0.25, 0.3) is 0 Å². The number of benzene rings is 3. The summed E-state index contributed by atoms with van der Waals surface area (Å²) < 4.78 is 11.6. The molecular formula is C34H42N2O3. The van der Waals surface area contributed by atoms with Gasteiger partial charge in [0.15, 0.2) is 0 Å². The van der Waals surface area contributed by atoms with E-state index in [-0.39, 0.29) is 0 Å². The Balaban J connectivity index is 0.992. The maximum atomic E-state index is 9.85. The Morgan fingerprint density at radius 1 is 0.872 bits per heavy atom. The molecule has 39 heavy (non-hydrogen) atoms. The number of phenolic OH excluding ortho intramolecular Hbond substituents is 1. The number of phenols is 1. The first-order valence-corrected chi connectivity index (χ1v) is 14.9. The molecule has 5 heteroatoms. The van der Waals surface area contributed by atoms with Crippen molar-refractivity contribution in [2.75, 3.05) is 32.1 Å². The third kappa shape index (κ3) is 6.04. The maximum Gasteiger partial charge on any atom is 0.120 e. The monoisotopic (exact) mass is 526 g/mol. The summed E-state index contributed by atoms with van der Waals surface area (Å²) in [6.45, 7) is 2.76. The number of hydrogen-bond donors (Lipinski definition) is 2. The molecule has 1 aliphatic carbocycles. The predicted molar refractivity (Wildman–Crippen MR) is 157 cm³/mol. The van der Waals surface area contributed by atoms with Crippen LogP contribution in [0.15, 0.2) is 60.7 Å². The molecule has 0 radical (unpaired) electrons. The molecule has 6 rings (SSSR count). The second-order valence-corrected chi connectivity index (χ2v) is 11.6. The van der Waals surface area contributed by atoms with E-state index in [4.69, 9.17) is 9.47 Å². The van der Waals surface area contributed by atoms with Gasteiger partial charge in [-0.15, -0.1) is 0 Å². The lowest BCUT2D eigenvalue weighted by Gasteiger charge is -2.27. The Labute approximate surface area is 233 Å². The van der Waals surface area contributed by atoms with Crippen LogP contribution in [0.25, 0.3) is 0 Å². The molecule has 1 atom stereocenters. The van der Waals surface area contributed by atoms with E-state index in [0.717, 1.165) is 75.4 Å². The fraction of sp³-hybridized carbons (Fsp3) is 0.471. The molecule has 0 unspecified atom stereocenters. The molecule has 2 bridgehead atoms. The average Bonchev–Trinajstić information content (AvgIpc) is 3.55. The highest BCUT2D eigenvalue weighted by atomic mass is 16.5. The minimum Gasteiger partial charge on any atom is -0.508 e. The minimum atomic E-state index is 0.366. The van der Waals surface area contributed by atoms with Gasteiger partial charge in [-0.3, -0.25) is 4.90 Å². The summed E-state index contributed by atoms with van der Waals surface area (Å²) in [4.78, 5) is 2.67. The number of fused-ring (bicyclic) bond motifs is 3. The second-order valence-electron chi connectivity index (χ2n) is 11.6. The normalized spacial score (nSPS) is 22.0. The van der Waals surface area contributed by atoms with Crippen molar-refractivity contribution in [3.8, 4) is 17.2 Å². The predicted octanol–water partition coefficient (Wildman–Crippen LogP) is 6.72. The van der Waals surface area contributed by atoms with Crippen LogP contribution in [0.2, 0.25) is 0 Å². The number of anilines is 1. The van der Waals surface area contributed by atoms with Crippen LogP contribution in [0, 0.1) is 0 Å². The Morgan fingerprint density at radius 2 is 1.64 bits per heavy atom. The van der Waals surface area contributed by atoms with Crippen molar-refractivity contribution in [3.63, 3.8) is 0 Å². The standard InChI is InChI=1S/C34H42N2O3/c1-38-32-16-17-33(27-7-6-26-22-30(37)13-8-25(26)21-27)34(23-32)35-18-2-3-24-4-14-31(15-5-24)39-20-19-36-28-9-10-29(36)12-11-28/h4-5,8,13-17,22-23,27-29,35,37H,2-3,6-7,9-12,18-21H2,1H3/t27-,28?,29?/m1/s1. The quantitative estimate of drug-likeness (QED) is 0.272. The number of nitrogens with one attached hydrogen (secondary N) is 1. The number of methoxy groups -OCH3 is 1. The molecule has 0 amide bonds. The zero-order chi connectivity index (χ0) is 26.6. The number of aromatic hydroxyl groups is 1. The van der Waals surface area contributed by atoms with Gasteiger partial charge in [-0.25, -0.2) is 0 Å². The van der Waals surface area contributed by atoms with Gasteiger partial charge in [0.1, 0.15) is 23.9 Å². The Hall–Kier alpha value is -3.18. The molecule has 206 valence electrons. The summed E-state index contributed by atoms with van der Waals surface area (Å²) in [6.07, 6.45) is 10.7. The molecular weight excluding hydrogens is 484 g/mol. The van der Waals surface area contributed by atoms with Crippen LogP contribution in [-0.4, -0.2) is 48.9 Å². The zero-order valence-electron chi connectivity index (χ0n) is 23.2. The highest BCUT2D eigenvalue weighted by Crippen LogP contribution is 2.39. The van der Waals surface area contributed by atoms with Crippen molar-refractivity contribution in [1.29, 1.82) is 0 Å². The molecule has 2 saturated heterocycles. The van der Waals surface area contributed by atoms with E-state index >= 15 is 0 Å². The number of aryl methyl sites for hydroxylation is 2. The summed E-state index contributed by atoms with van der Waals surface area (Å²) in [6, 6.07) is 22.6. The van der Waals surface area contributed by atoms with Gasteiger partial charge >= 0.3 is 0 Å². The first-order valence-electron chi connectivity index (χ1n) is 14.9. The van der Waals surface area contributed by atoms with Crippen LogP contribution in [0.5, 0.6) is 17.2 Å². The summed E-state index contributed by atoms with van der Waals surface area (Å²) >= 11 is 0. The lowest BCUT2D eigenvalue weighted by atomic mass is 9.79. The molecule has 5 nitrogen and oxygen atoms in total. The van der Waals surface area contributed by atoms with E-state index in [1.165, 1.54) is 53.6 Å². The van der Waals surface area contributed by atoms with Gasteiger partial charge < -0.3 is 19.9 Å². The number of hydrogen-bond acceptors (Lipinski definition) is 5. The van der Waals surface area contributed by atoms with Gasteiger partial charge in [-0.05, 0) is 116 Å². The van der Waals surface area contributed by atoms with Crippen LogP contribution < -0.4 is 14.8 Å². The number of rotatable bonds is 11. The highest BCUT2D eigenvalue weighted by Gasteiger charge is 2.38. The first-order chi connectivity index (χ1) is 19.2. The fourth-order valence-corrected chi connectivity index (χ4v) is 7.10. The fourth-order valence-electron chi connectivity index (χ4n) is 7.10. The van der Waals surface area contributed by atoms with E-state index in [1.54, 1.807) is 7.11 Å². The van der Waals surface area contributed by atoms with Crippen molar-refractivity contribution >= 4 is 5.69 Å². The number of ether oxygens (including phenoxy) is 2. The van der Waals surface area contributed by atoms with Gasteiger partial charge in [0.05, 0.1) is 7.11 Å². The van der Waals surface area contributed by atoms with E-state index < -0.39 is 0 Å². The molecule has 0 saturated carbocycles. The molecule has 0 spiro atoms. The molecule has 3 aromatic rings. The van der Waals surface area contributed by atoms with Crippen molar-refractivity contribution in [3.05, 3.63) is 82.9 Å². The molecule has 0 aromatic heterocycles. The minimum absolute atomic E-state index is 0.366. The van der Waals surface area contributed by atoms with E-state index in [2.05, 4.69) is 58.7 Å². The Kier molecular flexibility index (Phi) is 7.96. The second kappa shape index (κ2) is 11.9. The molecule has 3 aliphatic rings. The van der Waals surface area contributed by atoms with Crippen LogP contribution in [0.3, 0.4) is 0 Å². The Bertz CT molecular complexity index is 1240. The van der Waals surface area contributed by atoms with Crippen LogP contribution in [0.4, 0.5) is 5.69 Å². The van der Waals surface area contributed by atoms with Crippen LogP contribution in [-0.2, 0) is 19.3 Å². The average molecular weight is 527 g/mol. The smallest absolute Gasteiger partial charge is 0.120 e. The van der Waals surface area contributed by atoms with Crippen LogP contribution >= 0.6 is 0 Å². The van der Waals surface area contributed by atoms with E-state index in [9.17, 15) is 5.11 Å². The Morgan fingerprint density at radius 3 is 2.41 bits per heavy atom. The topological polar surface area (TPSA) is 54.0 Å². The van der Waals surface area contributed by atoms with Crippen molar-refractivity contribution in [1.82, 2.24) is 4.90 Å².